The van der Waals surface area contributed by atoms with E-state index < -0.39 is 23.4 Å². The van der Waals surface area contributed by atoms with Crippen molar-refractivity contribution >= 4 is 28.3 Å². The van der Waals surface area contributed by atoms with Gasteiger partial charge in [-0.3, -0.25) is 4.79 Å². The SMILES string of the molecule is CN(CCC1CC1)c1ncc(-n2cc(C(=O)Nc3c[nH]c4cc(F)c(F)cc34)nn2)cc1F. The molecule has 33 heavy (non-hydrogen) atoms. The Morgan fingerprint density at radius 3 is 2.76 bits per heavy atom. The third-order valence-corrected chi connectivity index (χ3v) is 5.70. The first-order valence-corrected chi connectivity index (χ1v) is 10.5. The van der Waals surface area contributed by atoms with E-state index in [-0.39, 0.29) is 17.2 Å². The molecule has 1 saturated carbocycles. The minimum atomic E-state index is -1.03. The van der Waals surface area contributed by atoms with Crippen LogP contribution < -0.4 is 10.2 Å². The molecule has 1 aromatic carbocycles. The molecule has 170 valence electrons. The average molecular weight is 455 g/mol. The maximum atomic E-state index is 14.6. The molecular weight excluding hydrogens is 435 g/mol. The van der Waals surface area contributed by atoms with Crippen molar-refractivity contribution < 1.29 is 18.0 Å². The minimum Gasteiger partial charge on any atom is -0.359 e. The molecule has 0 radical (unpaired) electrons. The van der Waals surface area contributed by atoms with E-state index in [0.717, 1.165) is 31.0 Å². The molecule has 0 spiro atoms. The van der Waals surface area contributed by atoms with Crippen LogP contribution in [0.1, 0.15) is 29.8 Å². The lowest BCUT2D eigenvalue weighted by Crippen LogP contribution is -2.21. The van der Waals surface area contributed by atoms with Gasteiger partial charge in [-0.05, 0) is 18.4 Å². The number of rotatable bonds is 7. The van der Waals surface area contributed by atoms with E-state index in [1.54, 1.807) is 11.9 Å². The Bertz CT molecular complexity index is 1350. The third-order valence-electron chi connectivity index (χ3n) is 5.70. The lowest BCUT2D eigenvalue weighted by Gasteiger charge is -2.18. The van der Waals surface area contributed by atoms with Gasteiger partial charge in [-0.15, -0.1) is 5.10 Å². The van der Waals surface area contributed by atoms with Gasteiger partial charge in [0.1, 0.15) is 0 Å². The van der Waals surface area contributed by atoms with Crippen LogP contribution >= 0.6 is 0 Å². The molecule has 3 aromatic heterocycles. The second-order valence-electron chi connectivity index (χ2n) is 8.17. The summed E-state index contributed by atoms with van der Waals surface area (Å²) >= 11 is 0. The second-order valence-corrected chi connectivity index (χ2v) is 8.17. The van der Waals surface area contributed by atoms with Crippen molar-refractivity contribution in [2.24, 2.45) is 5.92 Å². The molecule has 1 fully saturated rings. The van der Waals surface area contributed by atoms with E-state index in [4.69, 9.17) is 0 Å². The van der Waals surface area contributed by atoms with Gasteiger partial charge in [-0.1, -0.05) is 18.1 Å². The number of amides is 1. The maximum absolute atomic E-state index is 14.6. The van der Waals surface area contributed by atoms with Crippen LogP contribution in [0.15, 0.2) is 36.8 Å². The van der Waals surface area contributed by atoms with Crippen molar-refractivity contribution in [1.29, 1.82) is 0 Å². The summed E-state index contributed by atoms with van der Waals surface area (Å²) in [7, 11) is 1.80. The van der Waals surface area contributed by atoms with E-state index in [1.165, 1.54) is 42.2 Å². The van der Waals surface area contributed by atoms with E-state index in [1.807, 2.05) is 0 Å². The van der Waals surface area contributed by atoms with Crippen molar-refractivity contribution in [3.63, 3.8) is 0 Å². The molecule has 8 nitrogen and oxygen atoms in total. The molecule has 0 atom stereocenters. The number of aromatic amines is 1. The molecule has 0 aliphatic heterocycles. The van der Waals surface area contributed by atoms with Crippen molar-refractivity contribution in [3.8, 4) is 5.69 Å². The number of benzene rings is 1. The van der Waals surface area contributed by atoms with Crippen molar-refractivity contribution in [2.75, 3.05) is 23.8 Å². The zero-order chi connectivity index (χ0) is 23.1. The van der Waals surface area contributed by atoms with Crippen LogP contribution in [0, 0.1) is 23.4 Å². The van der Waals surface area contributed by atoms with Crippen LogP contribution in [0.3, 0.4) is 0 Å². The van der Waals surface area contributed by atoms with Crippen LogP contribution in [0.25, 0.3) is 16.6 Å². The first-order chi connectivity index (χ1) is 15.9. The van der Waals surface area contributed by atoms with Crippen LogP contribution in [0.5, 0.6) is 0 Å². The highest BCUT2D eigenvalue weighted by atomic mass is 19.2. The summed E-state index contributed by atoms with van der Waals surface area (Å²) in [6.07, 6.45) is 7.70. The summed E-state index contributed by atoms with van der Waals surface area (Å²) in [4.78, 5) is 21.4. The number of aromatic nitrogens is 5. The van der Waals surface area contributed by atoms with Crippen LogP contribution in [-0.2, 0) is 0 Å². The highest BCUT2D eigenvalue weighted by Gasteiger charge is 2.22. The number of halogens is 3. The lowest BCUT2D eigenvalue weighted by molar-refractivity contribution is 0.102. The number of hydrogen-bond donors (Lipinski definition) is 2. The van der Waals surface area contributed by atoms with Gasteiger partial charge in [0.15, 0.2) is 29.0 Å². The number of nitrogens with one attached hydrogen (secondary N) is 2. The molecule has 0 unspecified atom stereocenters. The van der Waals surface area contributed by atoms with E-state index in [2.05, 4.69) is 25.6 Å². The molecular formula is C22H20F3N7O. The molecule has 5 rings (SSSR count). The fourth-order valence-electron chi connectivity index (χ4n) is 3.62. The Balaban J connectivity index is 1.31. The molecule has 11 heteroatoms. The predicted octanol–water partition coefficient (Wildman–Crippen LogP) is 4.05. The van der Waals surface area contributed by atoms with Crippen molar-refractivity contribution in [1.82, 2.24) is 25.0 Å². The second kappa shape index (κ2) is 8.23. The van der Waals surface area contributed by atoms with Crippen LogP contribution in [-0.4, -0.2) is 44.5 Å². The quantitative estimate of drug-likeness (QED) is 0.439. The van der Waals surface area contributed by atoms with Gasteiger partial charge in [-0.25, -0.2) is 22.8 Å². The topological polar surface area (TPSA) is 91.7 Å². The highest BCUT2D eigenvalue weighted by molar-refractivity contribution is 6.07. The Kier molecular flexibility index (Phi) is 5.23. The van der Waals surface area contributed by atoms with Crippen molar-refractivity contribution in [3.05, 3.63) is 59.9 Å². The van der Waals surface area contributed by atoms with Gasteiger partial charge >= 0.3 is 0 Å². The number of nitrogens with zero attached hydrogens (tertiary/aromatic N) is 5. The molecule has 4 aromatic rings. The number of hydrogen-bond acceptors (Lipinski definition) is 5. The summed E-state index contributed by atoms with van der Waals surface area (Å²) in [5.74, 6) is -2.15. The fraction of sp³-hybridized carbons (Fsp3) is 0.273. The zero-order valence-corrected chi connectivity index (χ0v) is 17.6. The smallest absolute Gasteiger partial charge is 0.277 e. The van der Waals surface area contributed by atoms with E-state index in [0.29, 0.717) is 16.6 Å². The Morgan fingerprint density at radius 1 is 1.21 bits per heavy atom. The largest absolute Gasteiger partial charge is 0.359 e. The number of fused-ring (bicyclic) bond motifs is 1. The van der Waals surface area contributed by atoms with Crippen LogP contribution in [0.2, 0.25) is 0 Å². The summed E-state index contributed by atoms with van der Waals surface area (Å²) in [6.45, 7) is 0.728. The summed E-state index contributed by atoms with van der Waals surface area (Å²) < 4.78 is 42.9. The number of anilines is 2. The average Bonchev–Trinajstić information content (AvgIpc) is 3.36. The molecule has 2 N–H and O–H groups in total. The minimum absolute atomic E-state index is 0.0435. The van der Waals surface area contributed by atoms with Gasteiger partial charge in [0.25, 0.3) is 5.91 Å². The zero-order valence-electron chi connectivity index (χ0n) is 17.6. The van der Waals surface area contributed by atoms with E-state index in [9.17, 15) is 18.0 Å². The molecule has 1 aliphatic carbocycles. The molecule has 0 bridgehead atoms. The lowest BCUT2D eigenvalue weighted by atomic mass is 10.2. The Hall–Kier alpha value is -3.89. The summed E-state index contributed by atoms with van der Waals surface area (Å²) in [6, 6.07) is 3.28. The number of pyridine rings is 1. The summed E-state index contributed by atoms with van der Waals surface area (Å²) in [5, 5.41) is 10.6. The summed E-state index contributed by atoms with van der Waals surface area (Å²) in [5.41, 5.74) is 0.854. The van der Waals surface area contributed by atoms with E-state index >= 15 is 0 Å². The van der Waals surface area contributed by atoms with Gasteiger partial charge in [-0.2, -0.15) is 0 Å². The Labute approximate surface area is 186 Å². The highest BCUT2D eigenvalue weighted by Crippen LogP contribution is 2.33. The number of H-pyrrole nitrogens is 1. The normalized spacial score (nSPS) is 13.5. The monoisotopic (exact) mass is 455 g/mol. The molecule has 3 heterocycles. The van der Waals surface area contributed by atoms with Gasteiger partial charge in [0.05, 0.1) is 29.3 Å². The third kappa shape index (κ3) is 4.26. The molecule has 1 aliphatic rings. The first-order valence-electron chi connectivity index (χ1n) is 10.5. The molecule has 0 saturated heterocycles. The fourth-order valence-corrected chi connectivity index (χ4v) is 3.62. The van der Waals surface area contributed by atoms with Crippen molar-refractivity contribution in [2.45, 2.75) is 19.3 Å². The van der Waals surface area contributed by atoms with Gasteiger partial charge in [0, 0.05) is 37.3 Å². The molecule has 1 amide bonds. The van der Waals surface area contributed by atoms with Gasteiger partial charge in [0.2, 0.25) is 0 Å². The maximum Gasteiger partial charge on any atom is 0.277 e. The van der Waals surface area contributed by atoms with Gasteiger partial charge < -0.3 is 15.2 Å². The predicted molar refractivity (Wildman–Crippen MR) is 116 cm³/mol. The number of carbonyl (C=O) groups is 1. The number of carbonyl (C=O) groups excluding carboxylic acids is 1. The first kappa shape index (κ1) is 21.0. The standard InChI is InChI=1S/C22H20F3N7O/c1-31(5-4-12-2-3-12)21-17(25)6-13(9-27-21)32-11-20(29-30-32)22(33)28-19-10-26-18-8-16(24)15(23)7-14(18)19/h6-12,26H,2-5H2,1H3,(H,28,33). The Morgan fingerprint density at radius 2 is 2.00 bits per heavy atom. The van der Waals surface area contributed by atoms with Crippen LogP contribution in [0.4, 0.5) is 24.7 Å².